The van der Waals surface area contributed by atoms with Crippen molar-refractivity contribution in [1.82, 2.24) is 0 Å². The maximum absolute atomic E-state index is 12.9. The first-order valence-electron chi connectivity index (χ1n) is 30.7. The summed E-state index contributed by atoms with van der Waals surface area (Å²) in [6.45, 7) is 6.46. The summed E-state index contributed by atoms with van der Waals surface area (Å²) in [6, 6.07) is 0. The molecule has 0 bridgehead atoms. The van der Waals surface area contributed by atoms with E-state index in [2.05, 4.69) is 112 Å². The van der Waals surface area contributed by atoms with Gasteiger partial charge in [-0.25, -0.2) is 0 Å². The Balaban J connectivity index is 4.45. The van der Waals surface area contributed by atoms with Gasteiger partial charge in [-0.2, -0.15) is 0 Å². The third kappa shape index (κ3) is 59.1. The summed E-state index contributed by atoms with van der Waals surface area (Å²) < 4.78 is 16.8. The Labute approximate surface area is 451 Å². The molecule has 0 aliphatic heterocycles. The van der Waals surface area contributed by atoms with Crippen LogP contribution in [-0.2, 0) is 28.6 Å². The first-order valence-corrected chi connectivity index (χ1v) is 30.7. The molecule has 0 amide bonds. The zero-order valence-electron chi connectivity index (χ0n) is 47.9. The summed E-state index contributed by atoms with van der Waals surface area (Å²) in [5.41, 5.74) is 0. The maximum Gasteiger partial charge on any atom is 0.306 e. The van der Waals surface area contributed by atoms with Gasteiger partial charge < -0.3 is 14.2 Å². The molecule has 6 heteroatoms. The summed E-state index contributed by atoms with van der Waals surface area (Å²) in [5, 5.41) is 0. The van der Waals surface area contributed by atoms with Crippen molar-refractivity contribution in [3.63, 3.8) is 0 Å². The number of ether oxygens (including phenoxy) is 3. The molecule has 0 rings (SSSR count). The number of allylic oxidation sites excluding steroid dienone is 16. The van der Waals surface area contributed by atoms with Gasteiger partial charge in [0.15, 0.2) is 6.10 Å². The molecule has 0 unspecified atom stereocenters. The fourth-order valence-corrected chi connectivity index (χ4v) is 8.46. The second-order valence-electron chi connectivity index (χ2n) is 20.2. The van der Waals surface area contributed by atoms with Gasteiger partial charge in [0.25, 0.3) is 0 Å². The van der Waals surface area contributed by atoms with Crippen LogP contribution in [0, 0.1) is 0 Å². The number of carbonyl (C=O) groups is 3. The van der Waals surface area contributed by atoms with Gasteiger partial charge in [-0.3, -0.25) is 14.4 Å². The number of rotatable bonds is 55. The van der Waals surface area contributed by atoms with Gasteiger partial charge >= 0.3 is 17.9 Å². The Morgan fingerprint density at radius 3 is 0.932 bits per heavy atom. The molecule has 6 nitrogen and oxygen atoms in total. The van der Waals surface area contributed by atoms with Crippen molar-refractivity contribution in [2.45, 2.75) is 297 Å². The van der Waals surface area contributed by atoms with E-state index in [9.17, 15) is 14.4 Å². The van der Waals surface area contributed by atoms with E-state index in [-0.39, 0.29) is 37.5 Å². The van der Waals surface area contributed by atoms with Crippen molar-refractivity contribution in [2.75, 3.05) is 13.2 Å². The predicted molar refractivity (Wildman–Crippen MR) is 316 cm³/mol. The van der Waals surface area contributed by atoms with Crippen molar-refractivity contribution in [3.8, 4) is 0 Å². The number of hydrogen-bond acceptors (Lipinski definition) is 6. The maximum atomic E-state index is 12.9. The molecule has 0 heterocycles. The average Bonchev–Trinajstić information content (AvgIpc) is 3.39. The van der Waals surface area contributed by atoms with Crippen LogP contribution in [-0.4, -0.2) is 37.2 Å². The zero-order chi connectivity index (χ0) is 52.9. The minimum atomic E-state index is -0.812. The van der Waals surface area contributed by atoms with Crippen molar-refractivity contribution in [3.05, 3.63) is 97.2 Å². The molecule has 0 fully saturated rings. The standard InChI is InChI=1S/C67H114O6/c1-4-7-10-13-16-19-22-25-28-30-32-33-35-37-40-42-45-48-51-54-57-60-66(69)72-63-64(73-67(70)61-58-55-52-49-46-43-38-27-24-21-18-15-12-9-6-3)62-71-65(68)59-56-53-50-47-44-41-39-36-34-31-29-26-23-20-17-14-11-8-5-2/h8,11,17,20-21,24-26,28-29,34,36,41,44,50,53,64H,4-7,9-10,12-16,18-19,22-23,27,30-33,35,37-40,42-43,45-49,51-52,54-63H2,1-3H3/b11-8-,20-17-,24-21-,28-25-,29-26-,36-34-,44-41-,53-50-/t64-/m1/s1. The highest BCUT2D eigenvalue weighted by Crippen LogP contribution is 2.15. The lowest BCUT2D eigenvalue weighted by Crippen LogP contribution is -2.30. The van der Waals surface area contributed by atoms with Crippen molar-refractivity contribution in [2.24, 2.45) is 0 Å². The highest BCUT2D eigenvalue weighted by molar-refractivity contribution is 5.71. The lowest BCUT2D eigenvalue weighted by molar-refractivity contribution is -0.166. The summed E-state index contributed by atoms with van der Waals surface area (Å²) in [5.74, 6) is -0.988. The van der Waals surface area contributed by atoms with E-state index >= 15 is 0 Å². The third-order valence-corrected chi connectivity index (χ3v) is 13.1. The number of carbonyl (C=O) groups excluding carboxylic acids is 3. The second-order valence-corrected chi connectivity index (χ2v) is 20.2. The van der Waals surface area contributed by atoms with Gasteiger partial charge in [0.2, 0.25) is 0 Å². The minimum absolute atomic E-state index is 0.102. The molecule has 73 heavy (non-hydrogen) atoms. The van der Waals surface area contributed by atoms with Crippen molar-refractivity contribution < 1.29 is 28.6 Å². The van der Waals surface area contributed by atoms with E-state index < -0.39 is 6.10 Å². The summed E-state index contributed by atoms with van der Waals surface area (Å²) in [7, 11) is 0. The van der Waals surface area contributed by atoms with Crippen LogP contribution >= 0.6 is 0 Å². The van der Waals surface area contributed by atoms with Gasteiger partial charge in [-0.15, -0.1) is 0 Å². The van der Waals surface area contributed by atoms with Crippen LogP contribution in [0.1, 0.15) is 290 Å². The highest BCUT2D eigenvalue weighted by Gasteiger charge is 2.19. The normalized spacial score (nSPS) is 12.8. The SMILES string of the molecule is CC/C=C\C/C=C\C/C=C\C/C=C\C/C=C\C/C=C\CCC(=O)OC[C@H](COC(=O)CCCCCCCCCCCCC/C=C\CCCCCCCC)OC(=O)CCCCCCCCC/C=C\CCCCCC. The minimum Gasteiger partial charge on any atom is -0.462 e. The fourth-order valence-electron chi connectivity index (χ4n) is 8.46. The topological polar surface area (TPSA) is 78.9 Å². The molecule has 0 aromatic heterocycles. The molecule has 0 saturated carbocycles. The van der Waals surface area contributed by atoms with Gasteiger partial charge in [-0.1, -0.05) is 259 Å². The van der Waals surface area contributed by atoms with Gasteiger partial charge in [0, 0.05) is 19.3 Å². The molecule has 0 saturated heterocycles. The third-order valence-electron chi connectivity index (χ3n) is 13.1. The number of esters is 3. The largest absolute Gasteiger partial charge is 0.462 e. The van der Waals surface area contributed by atoms with Crippen LogP contribution in [0.5, 0.6) is 0 Å². The quantitative estimate of drug-likeness (QED) is 0.0261. The summed E-state index contributed by atoms with van der Waals surface area (Å²) in [6.07, 6.45) is 81.3. The van der Waals surface area contributed by atoms with E-state index in [4.69, 9.17) is 14.2 Å². The van der Waals surface area contributed by atoms with Crippen LogP contribution in [0.25, 0.3) is 0 Å². The van der Waals surface area contributed by atoms with Gasteiger partial charge in [-0.05, 0) is 109 Å². The molecule has 0 N–H and O–H groups in total. The molecule has 0 aliphatic carbocycles. The van der Waals surface area contributed by atoms with Gasteiger partial charge in [0.1, 0.15) is 13.2 Å². The van der Waals surface area contributed by atoms with E-state index in [1.807, 2.05) is 6.08 Å². The van der Waals surface area contributed by atoms with Crippen LogP contribution in [0.15, 0.2) is 97.2 Å². The first kappa shape index (κ1) is 69.3. The highest BCUT2D eigenvalue weighted by atomic mass is 16.6. The Morgan fingerprint density at radius 1 is 0.288 bits per heavy atom. The first-order chi connectivity index (χ1) is 36.0. The molecule has 0 spiro atoms. The average molecular weight is 1020 g/mol. The lowest BCUT2D eigenvalue weighted by Gasteiger charge is -2.18. The molecule has 0 aromatic rings. The monoisotopic (exact) mass is 1010 g/mol. The zero-order valence-corrected chi connectivity index (χ0v) is 47.9. The molecular weight excluding hydrogens is 901 g/mol. The van der Waals surface area contributed by atoms with Crippen LogP contribution in [0.4, 0.5) is 0 Å². The van der Waals surface area contributed by atoms with Crippen LogP contribution in [0.2, 0.25) is 0 Å². The van der Waals surface area contributed by atoms with E-state index in [1.54, 1.807) is 0 Å². The van der Waals surface area contributed by atoms with Gasteiger partial charge in [0.05, 0.1) is 0 Å². The Bertz CT molecular complexity index is 1440. The molecule has 418 valence electrons. The molecule has 1 atom stereocenters. The molecule has 0 aromatic carbocycles. The van der Waals surface area contributed by atoms with E-state index in [1.165, 1.54) is 167 Å². The number of unbranched alkanes of at least 4 members (excludes halogenated alkanes) is 28. The molecular formula is C67H114O6. The molecule has 0 aliphatic rings. The summed E-state index contributed by atoms with van der Waals surface area (Å²) in [4.78, 5) is 38.2. The van der Waals surface area contributed by atoms with Crippen molar-refractivity contribution >= 4 is 17.9 Å². The van der Waals surface area contributed by atoms with E-state index in [0.29, 0.717) is 19.3 Å². The second kappa shape index (κ2) is 60.9. The Kier molecular flexibility index (Phi) is 57.8. The fraction of sp³-hybridized carbons (Fsp3) is 0.716. The van der Waals surface area contributed by atoms with E-state index in [0.717, 1.165) is 77.0 Å². The number of hydrogen-bond donors (Lipinski definition) is 0. The van der Waals surface area contributed by atoms with Crippen molar-refractivity contribution in [1.29, 1.82) is 0 Å². The lowest BCUT2D eigenvalue weighted by atomic mass is 10.0. The van der Waals surface area contributed by atoms with Crippen LogP contribution in [0.3, 0.4) is 0 Å². The Morgan fingerprint density at radius 2 is 0.562 bits per heavy atom. The summed E-state index contributed by atoms with van der Waals surface area (Å²) >= 11 is 0. The van der Waals surface area contributed by atoms with Crippen LogP contribution < -0.4 is 0 Å². The Hall–Kier alpha value is -3.67. The molecule has 0 radical (unpaired) electrons. The predicted octanol–water partition coefficient (Wildman–Crippen LogP) is 20.9. The smallest absolute Gasteiger partial charge is 0.306 e.